The average Bonchev–Trinajstić information content (AvgIpc) is 3.29. The molecule has 33 heavy (non-hydrogen) atoms. The highest BCUT2D eigenvalue weighted by Gasteiger charge is 2.37. The molecule has 1 heterocycles. The van der Waals surface area contributed by atoms with Crippen LogP contribution in [0.4, 0.5) is 13.2 Å². The molecule has 1 aliphatic rings. The third-order valence-corrected chi connectivity index (χ3v) is 5.91. The second-order valence-corrected chi connectivity index (χ2v) is 8.10. The molecule has 0 aliphatic carbocycles. The van der Waals surface area contributed by atoms with Crippen LogP contribution in [-0.4, -0.2) is 28.6 Å². The summed E-state index contributed by atoms with van der Waals surface area (Å²) in [6.45, 7) is 0.963. The summed E-state index contributed by atoms with van der Waals surface area (Å²) in [4.78, 5) is 13.7. The fourth-order valence-electron chi connectivity index (χ4n) is 4.28. The van der Waals surface area contributed by atoms with Gasteiger partial charge in [0.2, 0.25) is 0 Å². The summed E-state index contributed by atoms with van der Waals surface area (Å²) in [6, 6.07) is 20.8. The first-order valence-electron chi connectivity index (χ1n) is 10.8. The van der Waals surface area contributed by atoms with Crippen LogP contribution in [0, 0.1) is 0 Å². The van der Waals surface area contributed by atoms with Crippen molar-refractivity contribution in [3.8, 4) is 5.75 Å². The second-order valence-electron chi connectivity index (χ2n) is 8.10. The Morgan fingerprint density at radius 2 is 1.58 bits per heavy atom. The van der Waals surface area contributed by atoms with Crippen LogP contribution in [0.2, 0.25) is 0 Å². The normalized spacial score (nSPS) is 17.6. The molecule has 7 heteroatoms. The van der Waals surface area contributed by atoms with Crippen LogP contribution >= 0.6 is 0 Å². The molecule has 172 valence electrons. The van der Waals surface area contributed by atoms with E-state index in [9.17, 15) is 23.1 Å². The van der Waals surface area contributed by atoms with Gasteiger partial charge in [-0.05, 0) is 53.8 Å². The van der Waals surface area contributed by atoms with E-state index in [0.717, 1.165) is 23.3 Å². The summed E-state index contributed by atoms with van der Waals surface area (Å²) in [5, 5.41) is 9.69. The van der Waals surface area contributed by atoms with E-state index in [-0.39, 0.29) is 0 Å². The van der Waals surface area contributed by atoms with E-state index in [1.54, 1.807) is 12.1 Å². The smallest absolute Gasteiger partial charge is 0.416 e. The molecule has 0 bridgehead atoms. The molecule has 0 aromatic heterocycles. The third kappa shape index (κ3) is 5.37. The monoisotopic (exact) mass is 455 g/mol. The quantitative estimate of drug-likeness (QED) is 0.480. The maximum absolute atomic E-state index is 13.1. The number of rotatable bonds is 7. The Bertz CT molecular complexity index is 1070. The number of alkyl halides is 3. The summed E-state index contributed by atoms with van der Waals surface area (Å²) in [5.41, 5.74) is 1.72. The number of benzene rings is 3. The number of carbonyl (C=O) groups is 1. The molecule has 1 N–H and O–H groups in total. The van der Waals surface area contributed by atoms with Gasteiger partial charge in [-0.1, -0.05) is 54.6 Å². The lowest BCUT2D eigenvalue weighted by Gasteiger charge is -2.32. The fourth-order valence-corrected chi connectivity index (χ4v) is 4.28. The second kappa shape index (κ2) is 9.67. The molecule has 0 spiro atoms. The number of hydrogen-bond donors (Lipinski definition) is 1. The molecule has 3 aromatic rings. The molecule has 4 rings (SSSR count). The Hall–Kier alpha value is -3.32. The molecular weight excluding hydrogens is 431 g/mol. The number of nitrogens with zero attached hydrogens (tertiary/aromatic N) is 1. The van der Waals surface area contributed by atoms with Crippen molar-refractivity contribution in [1.82, 2.24) is 4.90 Å². The molecular formula is C26H24F3NO3. The number of hydrogen-bond acceptors (Lipinski definition) is 3. The van der Waals surface area contributed by atoms with Gasteiger partial charge in [0.05, 0.1) is 11.6 Å². The summed E-state index contributed by atoms with van der Waals surface area (Å²) < 4.78 is 45.0. The maximum atomic E-state index is 13.1. The summed E-state index contributed by atoms with van der Waals surface area (Å²) in [5.74, 6) is -0.266. The van der Waals surface area contributed by atoms with Gasteiger partial charge in [-0.25, -0.2) is 0 Å². The molecule has 4 nitrogen and oxygen atoms in total. The lowest BCUT2D eigenvalue weighted by Crippen LogP contribution is -2.39. The summed E-state index contributed by atoms with van der Waals surface area (Å²) >= 11 is 0. The Labute approximate surface area is 190 Å². The highest BCUT2D eigenvalue weighted by molar-refractivity contribution is 5.74. The van der Waals surface area contributed by atoms with Crippen molar-refractivity contribution >= 4 is 5.97 Å². The Morgan fingerprint density at radius 1 is 0.970 bits per heavy atom. The van der Waals surface area contributed by atoms with Gasteiger partial charge in [-0.2, -0.15) is 13.2 Å². The molecule has 2 unspecified atom stereocenters. The highest BCUT2D eigenvalue weighted by atomic mass is 19.4. The van der Waals surface area contributed by atoms with Crippen molar-refractivity contribution in [3.05, 3.63) is 101 Å². The number of carboxylic acid groups (broad SMARTS) is 1. The first-order chi connectivity index (χ1) is 15.8. The zero-order chi connectivity index (χ0) is 23.4. The lowest BCUT2D eigenvalue weighted by atomic mass is 9.95. The van der Waals surface area contributed by atoms with Gasteiger partial charge in [0, 0.05) is 6.54 Å². The highest BCUT2D eigenvalue weighted by Crippen LogP contribution is 2.37. The van der Waals surface area contributed by atoms with Crippen LogP contribution < -0.4 is 4.74 Å². The van der Waals surface area contributed by atoms with E-state index >= 15 is 0 Å². The van der Waals surface area contributed by atoms with Crippen molar-refractivity contribution < 1.29 is 27.8 Å². The zero-order valence-corrected chi connectivity index (χ0v) is 17.8. The summed E-state index contributed by atoms with van der Waals surface area (Å²) in [6.07, 6.45) is -3.21. The number of aliphatic carboxylic acids is 1. The van der Waals surface area contributed by atoms with E-state index in [4.69, 9.17) is 4.74 Å². The molecule has 0 saturated carbocycles. The van der Waals surface area contributed by atoms with Gasteiger partial charge in [-0.15, -0.1) is 0 Å². The topological polar surface area (TPSA) is 49.8 Å². The number of ether oxygens (including phenoxy) is 1. The Kier molecular flexibility index (Phi) is 6.70. The van der Waals surface area contributed by atoms with E-state index < -0.39 is 29.8 Å². The Morgan fingerprint density at radius 3 is 2.15 bits per heavy atom. The minimum Gasteiger partial charge on any atom is -0.489 e. The van der Waals surface area contributed by atoms with Crippen LogP contribution in [0.5, 0.6) is 5.75 Å². The van der Waals surface area contributed by atoms with Gasteiger partial charge in [0.25, 0.3) is 0 Å². The van der Waals surface area contributed by atoms with Crippen molar-refractivity contribution in [2.75, 3.05) is 6.54 Å². The van der Waals surface area contributed by atoms with Crippen LogP contribution in [0.3, 0.4) is 0 Å². The fraction of sp³-hybridized carbons (Fsp3) is 0.269. The number of halogens is 3. The number of carboxylic acids is 1. The molecule has 1 saturated heterocycles. The van der Waals surface area contributed by atoms with Gasteiger partial charge >= 0.3 is 12.1 Å². The SMILES string of the molecule is O=C(O)C1CCCN1C(c1ccc(OCc2ccccc2)cc1)c1ccc(C(F)(F)F)cc1. The molecule has 1 fully saturated rings. The molecule has 2 atom stereocenters. The van der Waals surface area contributed by atoms with Gasteiger partial charge in [-0.3, -0.25) is 9.69 Å². The van der Waals surface area contributed by atoms with E-state index in [2.05, 4.69) is 0 Å². The van der Waals surface area contributed by atoms with Gasteiger partial charge in [0.15, 0.2) is 0 Å². The third-order valence-electron chi connectivity index (χ3n) is 5.91. The number of likely N-dealkylation sites (tertiary alicyclic amines) is 1. The van der Waals surface area contributed by atoms with Crippen LogP contribution in [0.15, 0.2) is 78.9 Å². The average molecular weight is 455 g/mol. The van der Waals surface area contributed by atoms with Crippen molar-refractivity contribution in [2.45, 2.75) is 37.7 Å². The molecule has 1 aliphatic heterocycles. The van der Waals surface area contributed by atoms with Crippen LogP contribution in [-0.2, 0) is 17.6 Å². The van der Waals surface area contributed by atoms with E-state index in [1.807, 2.05) is 47.4 Å². The van der Waals surface area contributed by atoms with Gasteiger partial charge < -0.3 is 9.84 Å². The van der Waals surface area contributed by atoms with Crippen molar-refractivity contribution in [3.63, 3.8) is 0 Å². The predicted octanol–water partition coefficient (Wildman–Crippen LogP) is 5.92. The van der Waals surface area contributed by atoms with E-state index in [0.29, 0.717) is 37.3 Å². The van der Waals surface area contributed by atoms with Crippen molar-refractivity contribution in [2.24, 2.45) is 0 Å². The predicted molar refractivity (Wildman–Crippen MR) is 118 cm³/mol. The lowest BCUT2D eigenvalue weighted by molar-refractivity contribution is -0.142. The maximum Gasteiger partial charge on any atom is 0.416 e. The standard InChI is InChI=1S/C26H24F3NO3/c27-26(28,29)21-12-8-19(9-13-21)24(30-16-4-7-23(30)25(31)32)20-10-14-22(15-11-20)33-17-18-5-2-1-3-6-18/h1-3,5-6,8-15,23-24H,4,7,16-17H2,(H,31,32). The molecule has 3 aromatic carbocycles. The molecule has 0 amide bonds. The van der Waals surface area contributed by atoms with Crippen molar-refractivity contribution in [1.29, 1.82) is 0 Å². The molecule has 0 radical (unpaired) electrons. The first kappa shape index (κ1) is 22.9. The minimum atomic E-state index is -4.43. The van der Waals surface area contributed by atoms with Crippen LogP contribution in [0.25, 0.3) is 0 Å². The Balaban J connectivity index is 1.61. The van der Waals surface area contributed by atoms with Gasteiger partial charge in [0.1, 0.15) is 18.4 Å². The van der Waals surface area contributed by atoms with Crippen LogP contribution in [0.1, 0.15) is 41.1 Å². The van der Waals surface area contributed by atoms with E-state index in [1.165, 1.54) is 12.1 Å². The largest absolute Gasteiger partial charge is 0.489 e. The minimum absolute atomic E-state index is 0.412. The first-order valence-corrected chi connectivity index (χ1v) is 10.8. The zero-order valence-electron chi connectivity index (χ0n) is 17.8. The summed E-state index contributed by atoms with van der Waals surface area (Å²) in [7, 11) is 0.